The third kappa shape index (κ3) is 4.86. The van der Waals surface area contributed by atoms with Crippen molar-refractivity contribution in [1.29, 1.82) is 0 Å². The first-order valence-corrected chi connectivity index (χ1v) is 8.95. The first kappa shape index (κ1) is 18.1. The molecule has 0 unspecified atom stereocenters. The SMILES string of the molecule is CSc1ccccc1NC(=O)CN(C)C(=O)Cc1ccccc1C. The summed E-state index contributed by atoms with van der Waals surface area (Å²) in [7, 11) is 1.65. The van der Waals surface area contributed by atoms with E-state index >= 15 is 0 Å². The molecule has 2 aromatic carbocycles. The van der Waals surface area contributed by atoms with Crippen LogP contribution in [-0.4, -0.2) is 36.6 Å². The van der Waals surface area contributed by atoms with E-state index in [2.05, 4.69) is 5.32 Å². The summed E-state index contributed by atoms with van der Waals surface area (Å²) in [6.45, 7) is 2.02. The summed E-state index contributed by atoms with van der Waals surface area (Å²) in [5.74, 6) is -0.269. The fourth-order valence-electron chi connectivity index (χ4n) is 2.35. The van der Waals surface area contributed by atoms with Crippen LogP contribution in [0.15, 0.2) is 53.4 Å². The minimum atomic E-state index is -0.197. The number of benzene rings is 2. The number of para-hydroxylation sites is 1. The minimum Gasteiger partial charge on any atom is -0.336 e. The third-order valence-electron chi connectivity index (χ3n) is 3.79. The maximum absolute atomic E-state index is 12.3. The second-order valence-corrected chi connectivity index (χ2v) is 6.45. The van der Waals surface area contributed by atoms with Gasteiger partial charge in [-0.05, 0) is 36.4 Å². The van der Waals surface area contributed by atoms with Gasteiger partial charge in [-0.1, -0.05) is 36.4 Å². The maximum Gasteiger partial charge on any atom is 0.244 e. The van der Waals surface area contributed by atoms with Gasteiger partial charge in [-0.25, -0.2) is 0 Å². The van der Waals surface area contributed by atoms with Gasteiger partial charge in [0.05, 0.1) is 18.7 Å². The molecule has 0 spiro atoms. The number of likely N-dealkylation sites (N-methyl/N-ethyl adjacent to an activating group) is 1. The van der Waals surface area contributed by atoms with Crippen molar-refractivity contribution in [3.05, 3.63) is 59.7 Å². The summed E-state index contributed by atoms with van der Waals surface area (Å²) in [5.41, 5.74) is 2.84. The first-order valence-electron chi connectivity index (χ1n) is 7.72. The number of hydrogen-bond acceptors (Lipinski definition) is 3. The van der Waals surface area contributed by atoms with E-state index in [9.17, 15) is 9.59 Å². The lowest BCUT2D eigenvalue weighted by Crippen LogP contribution is -2.36. The normalized spacial score (nSPS) is 10.3. The number of rotatable bonds is 6. The summed E-state index contributed by atoms with van der Waals surface area (Å²) >= 11 is 1.57. The molecule has 0 radical (unpaired) electrons. The van der Waals surface area contributed by atoms with Crippen LogP contribution in [0.1, 0.15) is 11.1 Å². The van der Waals surface area contributed by atoms with Crippen LogP contribution in [0.4, 0.5) is 5.69 Å². The molecular weight excluding hydrogens is 320 g/mol. The molecule has 4 nitrogen and oxygen atoms in total. The van der Waals surface area contributed by atoms with Crippen LogP contribution in [0.5, 0.6) is 0 Å². The zero-order valence-corrected chi connectivity index (χ0v) is 15.0. The fraction of sp³-hybridized carbons (Fsp3) is 0.263. The lowest BCUT2D eigenvalue weighted by atomic mass is 10.1. The van der Waals surface area contributed by atoms with Crippen molar-refractivity contribution >= 4 is 29.3 Å². The number of amides is 2. The summed E-state index contributed by atoms with van der Waals surface area (Å²) in [6.07, 6.45) is 2.26. The molecule has 1 N–H and O–H groups in total. The molecule has 24 heavy (non-hydrogen) atoms. The Bertz CT molecular complexity index is 731. The van der Waals surface area contributed by atoms with Crippen molar-refractivity contribution in [2.24, 2.45) is 0 Å². The maximum atomic E-state index is 12.3. The molecule has 2 amide bonds. The molecule has 2 rings (SSSR count). The predicted octanol–water partition coefficient (Wildman–Crippen LogP) is 3.36. The molecule has 5 heteroatoms. The topological polar surface area (TPSA) is 49.4 Å². The van der Waals surface area contributed by atoms with Crippen molar-refractivity contribution < 1.29 is 9.59 Å². The molecule has 0 saturated heterocycles. The van der Waals surface area contributed by atoms with Gasteiger partial charge >= 0.3 is 0 Å². The Morgan fingerprint density at radius 1 is 1.08 bits per heavy atom. The lowest BCUT2D eigenvalue weighted by molar-refractivity contribution is -0.132. The number of carbonyl (C=O) groups is 2. The van der Waals surface area contributed by atoms with Crippen molar-refractivity contribution in [2.45, 2.75) is 18.2 Å². The van der Waals surface area contributed by atoms with Crippen LogP contribution in [0, 0.1) is 6.92 Å². The quantitative estimate of drug-likeness (QED) is 0.819. The van der Waals surface area contributed by atoms with E-state index in [1.807, 2.05) is 61.7 Å². The summed E-state index contributed by atoms with van der Waals surface area (Å²) < 4.78 is 0. The average molecular weight is 342 g/mol. The number of nitrogens with zero attached hydrogens (tertiary/aromatic N) is 1. The number of carbonyl (C=O) groups excluding carboxylic acids is 2. The van der Waals surface area contributed by atoms with E-state index in [0.29, 0.717) is 6.42 Å². The Labute approximate surface area is 147 Å². The molecule has 126 valence electrons. The molecule has 2 aromatic rings. The van der Waals surface area contributed by atoms with Gasteiger partial charge in [-0.3, -0.25) is 9.59 Å². The van der Waals surface area contributed by atoms with Crippen LogP contribution in [-0.2, 0) is 16.0 Å². The van der Waals surface area contributed by atoms with Crippen molar-refractivity contribution in [3.63, 3.8) is 0 Å². The molecule has 0 aliphatic rings. The van der Waals surface area contributed by atoms with Gasteiger partial charge in [0.2, 0.25) is 11.8 Å². The molecule has 0 aliphatic carbocycles. The van der Waals surface area contributed by atoms with E-state index in [1.54, 1.807) is 18.8 Å². The second kappa shape index (κ2) is 8.55. The number of anilines is 1. The highest BCUT2D eigenvalue weighted by molar-refractivity contribution is 7.98. The van der Waals surface area contributed by atoms with Crippen LogP contribution in [0.2, 0.25) is 0 Å². The zero-order valence-electron chi connectivity index (χ0n) is 14.2. The van der Waals surface area contributed by atoms with E-state index in [0.717, 1.165) is 21.7 Å². The molecule has 0 aromatic heterocycles. The van der Waals surface area contributed by atoms with E-state index in [4.69, 9.17) is 0 Å². The largest absolute Gasteiger partial charge is 0.336 e. The number of nitrogens with one attached hydrogen (secondary N) is 1. The van der Waals surface area contributed by atoms with Crippen molar-refractivity contribution in [2.75, 3.05) is 25.2 Å². The van der Waals surface area contributed by atoms with Crippen LogP contribution >= 0.6 is 11.8 Å². The highest BCUT2D eigenvalue weighted by Gasteiger charge is 2.15. The molecule has 0 heterocycles. The van der Waals surface area contributed by atoms with Gasteiger partial charge in [-0.15, -0.1) is 11.8 Å². The van der Waals surface area contributed by atoms with Gasteiger partial charge in [0, 0.05) is 11.9 Å². The average Bonchev–Trinajstić information content (AvgIpc) is 2.57. The summed E-state index contributed by atoms with van der Waals surface area (Å²) in [4.78, 5) is 27.0. The second-order valence-electron chi connectivity index (χ2n) is 5.60. The summed E-state index contributed by atoms with van der Waals surface area (Å²) in [6, 6.07) is 15.4. The Kier molecular flexibility index (Phi) is 6.44. The van der Waals surface area contributed by atoms with E-state index < -0.39 is 0 Å². The first-order chi connectivity index (χ1) is 11.5. The third-order valence-corrected chi connectivity index (χ3v) is 4.59. The zero-order chi connectivity index (χ0) is 17.5. The highest BCUT2D eigenvalue weighted by Crippen LogP contribution is 2.24. The molecular formula is C19H22N2O2S. The standard InChI is InChI=1S/C19H22N2O2S/c1-14-8-4-5-9-15(14)12-19(23)21(2)13-18(22)20-16-10-6-7-11-17(16)24-3/h4-11H,12-13H2,1-3H3,(H,20,22). The van der Waals surface area contributed by atoms with Gasteiger partial charge in [0.25, 0.3) is 0 Å². The minimum absolute atomic E-state index is 0.0351. The van der Waals surface area contributed by atoms with Crippen molar-refractivity contribution in [1.82, 2.24) is 4.90 Å². The Balaban J connectivity index is 1.93. The number of hydrogen-bond donors (Lipinski definition) is 1. The molecule has 0 aliphatic heterocycles. The lowest BCUT2D eigenvalue weighted by Gasteiger charge is -2.18. The monoisotopic (exact) mass is 342 g/mol. The van der Waals surface area contributed by atoms with Crippen LogP contribution in [0.25, 0.3) is 0 Å². The predicted molar refractivity (Wildman–Crippen MR) is 99.4 cm³/mol. The van der Waals surface area contributed by atoms with E-state index in [-0.39, 0.29) is 18.4 Å². The molecule has 0 bridgehead atoms. The smallest absolute Gasteiger partial charge is 0.244 e. The van der Waals surface area contributed by atoms with Gasteiger partial charge in [-0.2, -0.15) is 0 Å². The van der Waals surface area contributed by atoms with Gasteiger partial charge < -0.3 is 10.2 Å². The van der Waals surface area contributed by atoms with E-state index in [1.165, 1.54) is 4.90 Å². The number of thioether (sulfide) groups is 1. The Morgan fingerprint density at radius 2 is 1.75 bits per heavy atom. The number of aryl methyl sites for hydroxylation is 1. The van der Waals surface area contributed by atoms with Crippen LogP contribution < -0.4 is 5.32 Å². The highest BCUT2D eigenvalue weighted by atomic mass is 32.2. The van der Waals surface area contributed by atoms with Gasteiger partial charge in [0.1, 0.15) is 0 Å². The van der Waals surface area contributed by atoms with Crippen LogP contribution in [0.3, 0.4) is 0 Å². The molecule has 0 atom stereocenters. The fourth-order valence-corrected chi connectivity index (χ4v) is 2.90. The molecule has 0 saturated carbocycles. The summed E-state index contributed by atoms with van der Waals surface area (Å²) in [5, 5.41) is 2.87. The molecule has 0 fully saturated rings. The Morgan fingerprint density at radius 3 is 2.46 bits per heavy atom. The van der Waals surface area contributed by atoms with Gasteiger partial charge in [0.15, 0.2) is 0 Å². The Hall–Kier alpha value is -2.27. The van der Waals surface area contributed by atoms with Crippen molar-refractivity contribution in [3.8, 4) is 0 Å².